The van der Waals surface area contributed by atoms with Crippen molar-refractivity contribution in [2.75, 3.05) is 0 Å². The number of aryl methyl sites for hydroxylation is 3. The van der Waals surface area contributed by atoms with Crippen molar-refractivity contribution in [2.45, 2.75) is 40.2 Å². The fourth-order valence-electron chi connectivity index (χ4n) is 1.33. The van der Waals surface area contributed by atoms with Crippen LogP contribution in [0.25, 0.3) is 0 Å². The molecule has 0 fully saturated rings. The molecule has 0 atom stereocenters. The maximum absolute atomic E-state index is 11.3. The normalized spacial score (nSPS) is 10.2. The number of carboxylic acid groups (broad SMARTS) is 1. The second kappa shape index (κ2) is 6.09. The van der Waals surface area contributed by atoms with E-state index in [0.29, 0.717) is 11.4 Å². The van der Waals surface area contributed by atoms with Crippen molar-refractivity contribution in [3.05, 3.63) is 22.8 Å². The van der Waals surface area contributed by atoms with Crippen LogP contribution in [-0.2, 0) is 20.9 Å². The number of ether oxygens (including phenoxy) is 1. The molecule has 1 aromatic rings. The van der Waals surface area contributed by atoms with E-state index in [1.807, 2.05) is 13.8 Å². The smallest absolute Gasteiger partial charge is 0.306 e. The molecule has 0 radical (unpaired) electrons. The molecule has 0 saturated carbocycles. The molecular weight excluding hydrogens is 236 g/mol. The summed E-state index contributed by atoms with van der Waals surface area (Å²) in [7, 11) is 0. The molecule has 0 aliphatic rings. The zero-order valence-corrected chi connectivity index (χ0v) is 10.7. The molecule has 0 aliphatic heterocycles. The molecule has 18 heavy (non-hydrogen) atoms. The highest BCUT2D eigenvalue weighted by Gasteiger charge is 2.10. The lowest BCUT2D eigenvalue weighted by atomic mass is 10.2. The predicted octanol–water partition coefficient (Wildman–Crippen LogP) is 1.31. The summed E-state index contributed by atoms with van der Waals surface area (Å²) in [4.78, 5) is 30.1. The van der Waals surface area contributed by atoms with Gasteiger partial charge in [-0.15, -0.1) is 0 Å². The molecule has 0 saturated heterocycles. The molecule has 98 valence electrons. The first-order chi connectivity index (χ1) is 8.40. The first-order valence-electron chi connectivity index (χ1n) is 5.58. The van der Waals surface area contributed by atoms with Gasteiger partial charge >= 0.3 is 11.9 Å². The fourth-order valence-corrected chi connectivity index (χ4v) is 1.33. The second-order valence-electron chi connectivity index (χ2n) is 3.98. The van der Waals surface area contributed by atoms with Crippen molar-refractivity contribution in [3.8, 4) is 0 Å². The van der Waals surface area contributed by atoms with Gasteiger partial charge in [0.1, 0.15) is 6.61 Å². The molecule has 0 bridgehead atoms. The lowest BCUT2D eigenvalue weighted by Gasteiger charge is -2.08. The zero-order chi connectivity index (χ0) is 13.7. The molecule has 1 aromatic heterocycles. The first-order valence-corrected chi connectivity index (χ1v) is 5.58. The third kappa shape index (κ3) is 4.12. The molecule has 0 unspecified atom stereocenters. The number of hydrogen-bond acceptors (Lipinski definition) is 5. The highest BCUT2D eigenvalue weighted by atomic mass is 16.5. The van der Waals surface area contributed by atoms with E-state index in [4.69, 9.17) is 9.84 Å². The number of carbonyl (C=O) groups is 2. The number of carbonyl (C=O) groups excluding carboxylic acids is 1. The van der Waals surface area contributed by atoms with Crippen LogP contribution in [0.15, 0.2) is 0 Å². The minimum atomic E-state index is -1.02. The summed E-state index contributed by atoms with van der Waals surface area (Å²) < 4.78 is 4.95. The molecule has 1 rings (SSSR count). The Balaban J connectivity index is 2.56. The highest BCUT2D eigenvalue weighted by molar-refractivity contribution is 5.76. The van der Waals surface area contributed by atoms with E-state index in [1.165, 1.54) is 0 Å². The van der Waals surface area contributed by atoms with Crippen LogP contribution < -0.4 is 0 Å². The number of aromatic nitrogens is 2. The van der Waals surface area contributed by atoms with Crippen LogP contribution >= 0.6 is 0 Å². The molecule has 1 heterocycles. The summed E-state index contributed by atoms with van der Waals surface area (Å²) in [5, 5.41) is 8.43. The lowest BCUT2D eigenvalue weighted by Crippen LogP contribution is -2.10. The summed E-state index contributed by atoms with van der Waals surface area (Å²) in [6.07, 6.45) is -0.358. The van der Waals surface area contributed by atoms with Crippen LogP contribution in [-0.4, -0.2) is 27.0 Å². The Morgan fingerprint density at radius 1 is 1.06 bits per heavy atom. The van der Waals surface area contributed by atoms with Crippen molar-refractivity contribution >= 4 is 11.9 Å². The van der Waals surface area contributed by atoms with Crippen LogP contribution in [0.5, 0.6) is 0 Å². The minimum absolute atomic E-state index is 0.0262. The van der Waals surface area contributed by atoms with Crippen molar-refractivity contribution in [1.29, 1.82) is 0 Å². The highest BCUT2D eigenvalue weighted by Crippen LogP contribution is 2.08. The van der Waals surface area contributed by atoms with E-state index >= 15 is 0 Å². The van der Waals surface area contributed by atoms with Gasteiger partial charge in [0.05, 0.1) is 35.6 Å². The molecule has 0 spiro atoms. The number of carboxylic acids is 1. The maximum atomic E-state index is 11.3. The van der Waals surface area contributed by atoms with Gasteiger partial charge in [-0.25, -0.2) is 0 Å². The maximum Gasteiger partial charge on any atom is 0.306 e. The number of aliphatic carboxylic acids is 1. The average Bonchev–Trinajstić information content (AvgIpc) is 2.29. The first kappa shape index (κ1) is 14.1. The van der Waals surface area contributed by atoms with Crippen LogP contribution in [0.4, 0.5) is 0 Å². The summed E-state index contributed by atoms with van der Waals surface area (Å²) in [5.41, 5.74) is 2.94. The number of nitrogens with zero attached hydrogens (tertiary/aromatic N) is 2. The summed E-state index contributed by atoms with van der Waals surface area (Å²) in [6, 6.07) is 0. The van der Waals surface area contributed by atoms with Gasteiger partial charge in [-0.05, 0) is 20.8 Å². The average molecular weight is 252 g/mol. The third-order valence-corrected chi connectivity index (χ3v) is 2.49. The van der Waals surface area contributed by atoms with E-state index in [1.54, 1.807) is 6.92 Å². The quantitative estimate of drug-likeness (QED) is 0.795. The Bertz CT molecular complexity index is 471. The van der Waals surface area contributed by atoms with Gasteiger partial charge in [0.15, 0.2) is 0 Å². The van der Waals surface area contributed by atoms with E-state index in [2.05, 4.69) is 9.97 Å². The van der Waals surface area contributed by atoms with E-state index < -0.39 is 11.9 Å². The monoisotopic (exact) mass is 252 g/mol. The van der Waals surface area contributed by atoms with Gasteiger partial charge in [-0.1, -0.05) is 0 Å². The molecular formula is C12H16N2O4. The molecule has 6 heteroatoms. The topological polar surface area (TPSA) is 89.4 Å². The summed E-state index contributed by atoms with van der Waals surface area (Å²) in [5.74, 6) is -1.56. The molecule has 6 nitrogen and oxygen atoms in total. The Kier molecular flexibility index (Phi) is 4.76. The van der Waals surface area contributed by atoms with Crippen molar-refractivity contribution in [1.82, 2.24) is 9.97 Å². The number of esters is 1. The van der Waals surface area contributed by atoms with Crippen molar-refractivity contribution in [2.24, 2.45) is 0 Å². The second-order valence-corrected chi connectivity index (χ2v) is 3.98. The molecule has 0 amide bonds. The van der Waals surface area contributed by atoms with Gasteiger partial charge in [0.2, 0.25) is 0 Å². The Hall–Kier alpha value is -1.98. The lowest BCUT2D eigenvalue weighted by molar-refractivity contribution is -0.148. The molecule has 0 aromatic carbocycles. The zero-order valence-electron chi connectivity index (χ0n) is 10.7. The predicted molar refractivity (Wildman–Crippen MR) is 62.9 cm³/mol. The van der Waals surface area contributed by atoms with E-state index in [0.717, 1.165) is 11.4 Å². The van der Waals surface area contributed by atoms with Crippen LogP contribution in [0, 0.1) is 20.8 Å². The number of hydrogen-bond donors (Lipinski definition) is 1. The fraction of sp³-hybridized carbons (Fsp3) is 0.500. The number of rotatable bonds is 5. The molecule has 0 aliphatic carbocycles. The van der Waals surface area contributed by atoms with Crippen LogP contribution in [0.2, 0.25) is 0 Å². The largest absolute Gasteiger partial charge is 0.481 e. The van der Waals surface area contributed by atoms with Crippen LogP contribution in [0.1, 0.15) is 35.6 Å². The Morgan fingerprint density at radius 3 is 2.28 bits per heavy atom. The van der Waals surface area contributed by atoms with E-state index in [9.17, 15) is 9.59 Å². The van der Waals surface area contributed by atoms with Gasteiger partial charge < -0.3 is 9.84 Å². The summed E-state index contributed by atoms with van der Waals surface area (Å²) >= 11 is 0. The van der Waals surface area contributed by atoms with Crippen molar-refractivity contribution in [3.63, 3.8) is 0 Å². The van der Waals surface area contributed by atoms with Gasteiger partial charge in [-0.2, -0.15) is 0 Å². The Morgan fingerprint density at radius 2 is 1.67 bits per heavy atom. The van der Waals surface area contributed by atoms with Gasteiger partial charge in [-0.3, -0.25) is 19.6 Å². The molecule has 1 N–H and O–H groups in total. The Labute approximate surface area is 105 Å². The minimum Gasteiger partial charge on any atom is -0.481 e. The summed E-state index contributed by atoms with van der Waals surface area (Å²) in [6.45, 7) is 5.51. The standard InChI is InChI=1S/C12H16N2O4/c1-7-8(2)14-10(9(3)13-7)6-18-12(17)5-4-11(15)16/h4-6H2,1-3H3,(H,15,16). The van der Waals surface area contributed by atoms with Crippen LogP contribution in [0.3, 0.4) is 0 Å². The van der Waals surface area contributed by atoms with Crippen molar-refractivity contribution < 1.29 is 19.4 Å². The SMILES string of the molecule is Cc1nc(C)c(COC(=O)CCC(=O)O)nc1C. The van der Waals surface area contributed by atoms with Gasteiger partial charge in [0, 0.05) is 0 Å². The third-order valence-electron chi connectivity index (χ3n) is 2.49. The van der Waals surface area contributed by atoms with E-state index in [-0.39, 0.29) is 19.4 Å². The van der Waals surface area contributed by atoms with Gasteiger partial charge in [0.25, 0.3) is 0 Å².